The van der Waals surface area contributed by atoms with Crippen LogP contribution in [0.1, 0.15) is 43.6 Å². The van der Waals surface area contributed by atoms with Gasteiger partial charge >= 0.3 is 0 Å². The maximum absolute atomic E-state index is 8.93. The van der Waals surface area contributed by atoms with Crippen molar-refractivity contribution in [1.29, 1.82) is 5.26 Å². The Hall–Kier alpha value is -1.49. The first-order chi connectivity index (χ1) is 8.36. The van der Waals surface area contributed by atoms with E-state index in [0.29, 0.717) is 18.3 Å². The van der Waals surface area contributed by atoms with E-state index in [1.807, 2.05) is 12.1 Å². The Labute approximate surface area is 103 Å². The second-order valence-electron chi connectivity index (χ2n) is 4.76. The summed E-state index contributed by atoms with van der Waals surface area (Å²) in [6, 6.07) is 10.6. The Kier molecular flexibility index (Phi) is 4.03. The number of nitriles is 1. The Morgan fingerprint density at radius 2 is 2.06 bits per heavy atom. The monoisotopic (exact) mass is 229 g/mol. The third-order valence-corrected chi connectivity index (χ3v) is 3.80. The maximum Gasteiger partial charge on any atom is 0.122 e. The highest BCUT2D eigenvalue weighted by Gasteiger charge is 2.28. The van der Waals surface area contributed by atoms with E-state index in [1.54, 1.807) is 7.11 Å². The van der Waals surface area contributed by atoms with Gasteiger partial charge in [-0.05, 0) is 36.3 Å². The molecule has 0 unspecified atom stereocenters. The minimum Gasteiger partial charge on any atom is -0.496 e. The van der Waals surface area contributed by atoms with Crippen LogP contribution in [0.25, 0.3) is 0 Å². The summed E-state index contributed by atoms with van der Waals surface area (Å²) >= 11 is 0. The number of para-hydroxylation sites is 1. The molecule has 1 fully saturated rings. The molecule has 0 heterocycles. The van der Waals surface area contributed by atoms with Gasteiger partial charge in [-0.25, -0.2) is 0 Å². The molecule has 2 rings (SSSR count). The minimum atomic E-state index is 0.500. The van der Waals surface area contributed by atoms with Crippen molar-refractivity contribution in [3.05, 3.63) is 29.8 Å². The lowest BCUT2D eigenvalue weighted by molar-refractivity contribution is 0.302. The molecule has 2 nitrogen and oxygen atoms in total. The number of ether oxygens (including phenoxy) is 1. The van der Waals surface area contributed by atoms with Crippen molar-refractivity contribution in [1.82, 2.24) is 0 Å². The van der Waals surface area contributed by atoms with Crippen LogP contribution in [0.4, 0.5) is 0 Å². The Bertz CT molecular complexity index is 408. The largest absolute Gasteiger partial charge is 0.496 e. The van der Waals surface area contributed by atoms with Crippen molar-refractivity contribution >= 4 is 0 Å². The van der Waals surface area contributed by atoms with Crippen LogP contribution in [-0.2, 0) is 0 Å². The van der Waals surface area contributed by atoms with Crippen molar-refractivity contribution < 1.29 is 4.74 Å². The smallest absolute Gasteiger partial charge is 0.122 e. The lowest BCUT2D eigenvalue weighted by atomic mass is 9.74. The molecule has 0 aliphatic heterocycles. The first-order valence-electron chi connectivity index (χ1n) is 6.36. The molecule has 2 atom stereocenters. The Morgan fingerprint density at radius 1 is 1.29 bits per heavy atom. The van der Waals surface area contributed by atoms with Gasteiger partial charge in [0.25, 0.3) is 0 Å². The highest BCUT2D eigenvalue weighted by Crippen LogP contribution is 2.42. The summed E-state index contributed by atoms with van der Waals surface area (Å²) in [5, 5.41) is 8.93. The summed E-state index contributed by atoms with van der Waals surface area (Å²) in [6.07, 6.45) is 5.56. The van der Waals surface area contributed by atoms with Gasteiger partial charge in [0, 0.05) is 6.42 Å². The van der Waals surface area contributed by atoms with E-state index < -0.39 is 0 Å². The van der Waals surface area contributed by atoms with Crippen molar-refractivity contribution in [2.45, 2.75) is 38.0 Å². The van der Waals surface area contributed by atoms with E-state index in [0.717, 1.165) is 5.75 Å². The van der Waals surface area contributed by atoms with E-state index in [2.05, 4.69) is 18.2 Å². The van der Waals surface area contributed by atoms with Gasteiger partial charge in [0.15, 0.2) is 0 Å². The summed E-state index contributed by atoms with van der Waals surface area (Å²) < 4.78 is 5.44. The lowest BCUT2D eigenvalue weighted by Crippen LogP contribution is -2.18. The molecule has 0 amide bonds. The van der Waals surface area contributed by atoms with Crippen LogP contribution in [0.5, 0.6) is 5.75 Å². The van der Waals surface area contributed by atoms with Crippen LogP contribution in [-0.4, -0.2) is 7.11 Å². The molecule has 17 heavy (non-hydrogen) atoms. The van der Waals surface area contributed by atoms with Gasteiger partial charge in [-0.3, -0.25) is 0 Å². The molecule has 0 radical (unpaired) electrons. The zero-order valence-corrected chi connectivity index (χ0v) is 10.4. The molecule has 0 N–H and O–H groups in total. The Morgan fingerprint density at radius 3 is 2.82 bits per heavy atom. The second-order valence-corrected chi connectivity index (χ2v) is 4.76. The highest BCUT2D eigenvalue weighted by molar-refractivity contribution is 5.37. The summed E-state index contributed by atoms with van der Waals surface area (Å²) in [5.41, 5.74) is 1.29. The van der Waals surface area contributed by atoms with E-state index in [4.69, 9.17) is 10.00 Å². The molecule has 90 valence electrons. The van der Waals surface area contributed by atoms with E-state index in [1.165, 1.54) is 31.2 Å². The van der Waals surface area contributed by atoms with Gasteiger partial charge in [-0.1, -0.05) is 31.0 Å². The first-order valence-corrected chi connectivity index (χ1v) is 6.36. The number of hydrogen-bond acceptors (Lipinski definition) is 2. The van der Waals surface area contributed by atoms with E-state index in [-0.39, 0.29) is 0 Å². The van der Waals surface area contributed by atoms with Crippen molar-refractivity contribution in [3.8, 4) is 11.8 Å². The van der Waals surface area contributed by atoms with Crippen LogP contribution < -0.4 is 4.74 Å². The number of methoxy groups -OCH3 is 1. The fourth-order valence-corrected chi connectivity index (χ4v) is 2.95. The molecule has 0 spiro atoms. The summed E-state index contributed by atoms with van der Waals surface area (Å²) in [5.74, 6) is 1.98. The zero-order chi connectivity index (χ0) is 12.1. The summed E-state index contributed by atoms with van der Waals surface area (Å²) in [6.45, 7) is 0. The fraction of sp³-hybridized carbons (Fsp3) is 0.533. The lowest BCUT2D eigenvalue weighted by Gasteiger charge is -2.31. The number of rotatable bonds is 3. The third-order valence-electron chi connectivity index (χ3n) is 3.80. The van der Waals surface area contributed by atoms with Crippen LogP contribution in [0.2, 0.25) is 0 Å². The van der Waals surface area contributed by atoms with Gasteiger partial charge in [0.2, 0.25) is 0 Å². The van der Waals surface area contributed by atoms with Crippen molar-refractivity contribution in [2.24, 2.45) is 5.92 Å². The molecule has 0 bridgehead atoms. The predicted molar refractivity (Wildman–Crippen MR) is 67.9 cm³/mol. The van der Waals surface area contributed by atoms with Gasteiger partial charge in [-0.15, -0.1) is 0 Å². The third kappa shape index (κ3) is 2.61. The average Bonchev–Trinajstić information content (AvgIpc) is 2.40. The number of hydrogen-bond donors (Lipinski definition) is 0. The first kappa shape index (κ1) is 12.0. The number of nitrogens with zero attached hydrogens (tertiary/aromatic N) is 1. The standard InChI is InChI=1S/C15H19NO/c1-17-15-9-5-4-8-14(15)13-7-3-2-6-12(13)10-11-16/h4-5,8-9,12-13H,2-3,6-7,10H2,1H3/t12-,13-/m1/s1. The topological polar surface area (TPSA) is 33.0 Å². The summed E-state index contributed by atoms with van der Waals surface area (Å²) in [4.78, 5) is 0. The van der Waals surface area contributed by atoms with Crippen LogP contribution in [0.3, 0.4) is 0 Å². The van der Waals surface area contributed by atoms with Gasteiger partial charge in [0.1, 0.15) is 5.75 Å². The molecule has 1 saturated carbocycles. The molecule has 1 aromatic carbocycles. The quantitative estimate of drug-likeness (QED) is 0.788. The molecule has 0 aromatic heterocycles. The predicted octanol–water partition coefficient (Wildman–Crippen LogP) is 3.88. The second kappa shape index (κ2) is 5.72. The molecular weight excluding hydrogens is 210 g/mol. The highest BCUT2D eigenvalue weighted by atomic mass is 16.5. The number of benzene rings is 1. The SMILES string of the molecule is COc1ccccc1[C@@H]1CCCC[C@@H]1CC#N. The van der Waals surface area contributed by atoms with Crippen LogP contribution in [0.15, 0.2) is 24.3 Å². The van der Waals surface area contributed by atoms with Crippen molar-refractivity contribution in [3.63, 3.8) is 0 Å². The normalized spacial score (nSPS) is 24.0. The van der Waals surface area contributed by atoms with Gasteiger partial charge in [-0.2, -0.15) is 5.26 Å². The molecule has 1 aliphatic carbocycles. The summed E-state index contributed by atoms with van der Waals surface area (Å²) in [7, 11) is 1.72. The zero-order valence-electron chi connectivity index (χ0n) is 10.4. The minimum absolute atomic E-state index is 0.500. The van der Waals surface area contributed by atoms with E-state index in [9.17, 15) is 0 Å². The fourth-order valence-electron chi connectivity index (χ4n) is 2.95. The average molecular weight is 229 g/mol. The molecule has 1 aromatic rings. The van der Waals surface area contributed by atoms with Gasteiger partial charge in [0.05, 0.1) is 13.2 Å². The van der Waals surface area contributed by atoms with Gasteiger partial charge < -0.3 is 4.74 Å². The van der Waals surface area contributed by atoms with Crippen LogP contribution in [0, 0.1) is 17.2 Å². The maximum atomic E-state index is 8.93. The van der Waals surface area contributed by atoms with Crippen molar-refractivity contribution in [2.75, 3.05) is 7.11 Å². The molecule has 0 saturated heterocycles. The molecule has 1 aliphatic rings. The van der Waals surface area contributed by atoms with E-state index >= 15 is 0 Å². The Balaban J connectivity index is 2.26. The molecule has 2 heteroatoms. The van der Waals surface area contributed by atoms with Crippen LogP contribution >= 0.6 is 0 Å². The molecular formula is C15H19NO.